The zero-order valence-corrected chi connectivity index (χ0v) is 35.1. The molecule has 5 aromatic rings. The summed E-state index contributed by atoms with van der Waals surface area (Å²) < 4.78 is 22.1. The molecule has 0 aliphatic rings. The smallest absolute Gasteiger partial charge is 0.343 e. The lowest BCUT2D eigenvalue weighted by atomic mass is 10.0. The van der Waals surface area contributed by atoms with E-state index < -0.39 is 23.9 Å². The molecule has 0 fully saturated rings. The summed E-state index contributed by atoms with van der Waals surface area (Å²) in [6.07, 6.45) is 19.7. The molecule has 0 atom stereocenters. The fraction of sp³-hybridized carbons (Fsp3) is 0.346. The fourth-order valence-electron chi connectivity index (χ4n) is 6.78. The highest BCUT2D eigenvalue weighted by Gasteiger charge is 2.16. The first kappa shape index (κ1) is 45.1. The van der Waals surface area contributed by atoms with Crippen molar-refractivity contribution in [3.8, 4) is 23.0 Å². The zero-order valence-electron chi connectivity index (χ0n) is 35.1. The van der Waals surface area contributed by atoms with Gasteiger partial charge < -0.3 is 18.9 Å². The van der Waals surface area contributed by atoms with Gasteiger partial charge in [0.25, 0.3) is 0 Å². The molecule has 0 heterocycles. The third kappa shape index (κ3) is 15.3. The lowest BCUT2D eigenvalue weighted by molar-refractivity contribution is 0.0723. The van der Waals surface area contributed by atoms with Crippen molar-refractivity contribution in [3.63, 3.8) is 0 Å². The van der Waals surface area contributed by atoms with Crippen molar-refractivity contribution >= 4 is 23.9 Å². The summed E-state index contributed by atoms with van der Waals surface area (Å²) in [6.45, 7) is 4.46. The topological polar surface area (TPSA) is 105 Å². The molecule has 8 nitrogen and oxygen atoms in total. The van der Waals surface area contributed by atoms with E-state index in [0.29, 0.717) is 22.6 Å². The molecular formula is C52H58O8. The van der Waals surface area contributed by atoms with Crippen LogP contribution < -0.4 is 18.9 Å². The van der Waals surface area contributed by atoms with Gasteiger partial charge in [-0.2, -0.15) is 0 Å². The first-order valence-electron chi connectivity index (χ1n) is 21.7. The number of hydrogen-bond acceptors (Lipinski definition) is 8. The van der Waals surface area contributed by atoms with Crippen LogP contribution in [0.3, 0.4) is 0 Å². The van der Waals surface area contributed by atoms with Crippen molar-refractivity contribution in [2.75, 3.05) is 0 Å². The molecule has 0 aliphatic heterocycles. The molecule has 0 saturated carbocycles. The molecule has 5 aromatic carbocycles. The molecule has 0 unspecified atom stereocenters. The normalized spacial score (nSPS) is 10.8. The Hall–Kier alpha value is -6.02. The van der Waals surface area contributed by atoms with E-state index in [1.807, 2.05) is 24.3 Å². The van der Waals surface area contributed by atoms with Crippen molar-refractivity contribution in [2.45, 2.75) is 117 Å². The van der Waals surface area contributed by atoms with E-state index in [4.69, 9.17) is 18.9 Å². The maximum Gasteiger partial charge on any atom is 0.343 e. The standard InChI is InChI=1S/C52H58O8/c1-3-5-7-9-11-13-15-18-39-22-30-45(31-23-39)57-49(53)41-26-34-47(35-27-41)59-51(55)43-20-17-21-44(38-43)52(56)60-48-36-28-42(29-37-48)50(54)58-46-32-24-40(25-33-46)19-16-14-12-10-8-6-4-2/h17,20-38H,3-16,18-19H2,1-2H3. The molecule has 0 bridgehead atoms. The number of hydrogen-bond donors (Lipinski definition) is 0. The fourth-order valence-corrected chi connectivity index (χ4v) is 6.78. The van der Waals surface area contributed by atoms with Crippen molar-refractivity contribution in [1.29, 1.82) is 0 Å². The molecule has 314 valence electrons. The van der Waals surface area contributed by atoms with Crippen molar-refractivity contribution < 1.29 is 38.1 Å². The Morgan fingerprint density at radius 1 is 0.333 bits per heavy atom. The average Bonchev–Trinajstić information content (AvgIpc) is 3.27. The molecule has 0 N–H and O–H groups in total. The molecule has 8 heteroatoms. The Morgan fingerprint density at radius 3 is 0.950 bits per heavy atom. The predicted molar refractivity (Wildman–Crippen MR) is 235 cm³/mol. The van der Waals surface area contributed by atoms with Gasteiger partial charge in [-0.3, -0.25) is 0 Å². The van der Waals surface area contributed by atoms with Gasteiger partial charge >= 0.3 is 23.9 Å². The van der Waals surface area contributed by atoms with Gasteiger partial charge in [0.05, 0.1) is 22.3 Å². The molecule has 0 aliphatic carbocycles. The van der Waals surface area contributed by atoms with Crippen molar-refractivity contribution in [3.05, 3.63) is 155 Å². The Balaban J connectivity index is 1.04. The molecular weight excluding hydrogens is 753 g/mol. The van der Waals surface area contributed by atoms with Crippen LogP contribution in [-0.4, -0.2) is 23.9 Å². The first-order chi connectivity index (χ1) is 29.3. The Labute approximate surface area is 355 Å². The molecule has 0 radical (unpaired) electrons. The third-order valence-corrected chi connectivity index (χ3v) is 10.3. The van der Waals surface area contributed by atoms with Crippen LogP contribution in [0.2, 0.25) is 0 Å². The second kappa shape index (κ2) is 24.8. The summed E-state index contributed by atoms with van der Waals surface area (Å²) in [5.74, 6) is -1.09. The van der Waals surface area contributed by atoms with Crippen LogP contribution in [0.4, 0.5) is 0 Å². The lowest BCUT2D eigenvalue weighted by Crippen LogP contribution is -2.13. The number of benzene rings is 5. The van der Waals surface area contributed by atoms with E-state index in [-0.39, 0.29) is 22.6 Å². The van der Waals surface area contributed by atoms with Crippen LogP contribution in [-0.2, 0) is 12.8 Å². The van der Waals surface area contributed by atoms with Crippen LogP contribution >= 0.6 is 0 Å². The van der Waals surface area contributed by atoms with Crippen LogP contribution in [0.15, 0.2) is 121 Å². The highest BCUT2D eigenvalue weighted by molar-refractivity contribution is 5.97. The summed E-state index contributed by atoms with van der Waals surface area (Å²) in [4.78, 5) is 51.6. The van der Waals surface area contributed by atoms with Gasteiger partial charge in [-0.1, -0.05) is 121 Å². The van der Waals surface area contributed by atoms with Crippen molar-refractivity contribution in [2.24, 2.45) is 0 Å². The zero-order chi connectivity index (χ0) is 42.4. The van der Waals surface area contributed by atoms with Crippen LogP contribution in [0.25, 0.3) is 0 Å². The number of rotatable bonds is 24. The number of carbonyl (C=O) groups excluding carboxylic acids is 4. The van der Waals surface area contributed by atoms with Gasteiger partial charge in [0.1, 0.15) is 23.0 Å². The van der Waals surface area contributed by atoms with Gasteiger partial charge in [0.2, 0.25) is 0 Å². The monoisotopic (exact) mass is 810 g/mol. The lowest BCUT2D eigenvalue weighted by Gasteiger charge is -2.09. The summed E-state index contributed by atoms with van der Waals surface area (Å²) in [5.41, 5.74) is 3.30. The second-order valence-corrected chi connectivity index (χ2v) is 15.2. The maximum absolute atomic E-state index is 13.0. The van der Waals surface area contributed by atoms with E-state index in [9.17, 15) is 19.2 Å². The molecule has 0 amide bonds. The second-order valence-electron chi connectivity index (χ2n) is 15.2. The van der Waals surface area contributed by atoms with Gasteiger partial charge in [-0.15, -0.1) is 0 Å². The van der Waals surface area contributed by atoms with E-state index in [1.54, 1.807) is 30.3 Å². The van der Waals surface area contributed by atoms with E-state index in [0.717, 1.165) is 25.7 Å². The van der Waals surface area contributed by atoms with Gasteiger partial charge in [0.15, 0.2) is 0 Å². The Bertz CT molecular complexity index is 1940. The Morgan fingerprint density at radius 2 is 0.617 bits per heavy atom. The van der Waals surface area contributed by atoms with E-state index in [2.05, 4.69) is 13.8 Å². The predicted octanol–water partition coefficient (Wildman–Crippen LogP) is 13.1. The highest BCUT2D eigenvalue weighted by atomic mass is 16.5. The largest absolute Gasteiger partial charge is 0.423 e. The Kier molecular flexibility index (Phi) is 18.6. The van der Waals surface area contributed by atoms with Crippen LogP contribution in [0, 0.1) is 0 Å². The summed E-state index contributed by atoms with van der Waals surface area (Å²) in [5, 5.41) is 0. The summed E-state index contributed by atoms with van der Waals surface area (Å²) in [6, 6.07) is 33.3. The molecule has 0 aromatic heterocycles. The molecule has 0 saturated heterocycles. The van der Waals surface area contributed by atoms with Gasteiger partial charge in [-0.25, -0.2) is 19.2 Å². The molecule has 0 spiro atoms. The average molecular weight is 811 g/mol. The molecule has 5 rings (SSSR count). The summed E-state index contributed by atoms with van der Waals surface area (Å²) >= 11 is 0. The van der Waals surface area contributed by atoms with E-state index >= 15 is 0 Å². The van der Waals surface area contributed by atoms with Crippen LogP contribution in [0.1, 0.15) is 156 Å². The minimum atomic E-state index is -0.692. The number of aryl methyl sites for hydroxylation is 2. The van der Waals surface area contributed by atoms with E-state index in [1.165, 1.54) is 155 Å². The minimum Gasteiger partial charge on any atom is -0.423 e. The number of carbonyl (C=O) groups is 4. The molecule has 60 heavy (non-hydrogen) atoms. The van der Waals surface area contributed by atoms with Crippen molar-refractivity contribution in [1.82, 2.24) is 0 Å². The highest BCUT2D eigenvalue weighted by Crippen LogP contribution is 2.22. The van der Waals surface area contributed by atoms with Gasteiger partial charge in [0, 0.05) is 0 Å². The maximum atomic E-state index is 13.0. The quantitative estimate of drug-likeness (QED) is 0.0345. The third-order valence-electron chi connectivity index (χ3n) is 10.3. The van der Waals surface area contributed by atoms with Gasteiger partial charge in [-0.05, 0) is 128 Å². The number of esters is 4. The minimum absolute atomic E-state index is 0.132. The van der Waals surface area contributed by atoms with Crippen LogP contribution in [0.5, 0.6) is 23.0 Å². The summed E-state index contributed by atoms with van der Waals surface area (Å²) in [7, 11) is 0. The first-order valence-corrected chi connectivity index (χ1v) is 21.7. The number of unbranched alkanes of at least 4 members (excludes halogenated alkanes) is 12. The number of ether oxygens (including phenoxy) is 4. The SMILES string of the molecule is CCCCCCCCCc1ccc(OC(=O)c2ccc(OC(=O)c3cccc(C(=O)Oc4ccc(C(=O)Oc5ccc(CCCCCCCCC)cc5)cc4)c3)cc2)cc1.